The van der Waals surface area contributed by atoms with Gasteiger partial charge in [0.1, 0.15) is 5.75 Å². The van der Waals surface area contributed by atoms with Crippen molar-refractivity contribution < 1.29 is 23.9 Å². The van der Waals surface area contributed by atoms with Gasteiger partial charge in [0, 0.05) is 29.2 Å². The van der Waals surface area contributed by atoms with Crippen molar-refractivity contribution in [2.45, 2.75) is 26.3 Å². The quantitative estimate of drug-likeness (QED) is 0.317. The molecular weight excluding hydrogens is 456 g/mol. The van der Waals surface area contributed by atoms with Gasteiger partial charge in [-0.25, -0.2) is 4.79 Å². The molecule has 0 heterocycles. The third kappa shape index (κ3) is 7.64. The van der Waals surface area contributed by atoms with E-state index >= 15 is 0 Å². The molecule has 2 N–H and O–H groups in total. The van der Waals surface area contributed by atoms with Gasteiger partial charge in [0.15, 0.2) is 0 Å². The topological polar surface area (TPSA) is 93.7 Å². The monoisotopic (exact) mass is 480 g/mol. The predicted molar refractivity (Wildman–Crippen MR) is 130 cm³/mol. The SMILES string of the molecule is CCOC(=O)Oc1ccc(C(=O)NCc2ccccc2NC(=O)CCc2ccc(Cl)cc2)cc1. The number of carbonyl (C=O) groups is 3. The Morgan fingerprint density at radius 3 is 2.32 bits per heavy atom. The largest absolute Gasteiger partial charge is 0.513 e. The molecule has 0 saturated heterocycles. The van der Waals surface area contributed by atoms with Gasteiger partial charge in [0.2, 0.25) is 5.91 Å². The van der Waals surface area contributed by atoms with Crippen LogP contribution in [-0.4, -0.2) is 24.6 Å². The summed E-state index contributed by atoms with van der Waals surface area (Å²) >= 11 is 5.89. The van der Waals surface area contributed by atoms with E-state index in [4.69, 9.17) is 21.1 Å². The highest BCUT2D eigenvalue weighted by Gasteiger charge is 2.11. The lowest BCUT2D eigenvalue weighted by molar-refractivity contribution is -0.116. The van der Waals surface area contributed by atoms with E-state index in [2.05, 4.69) is 10.6 Å². The molecule has 34 heavy (non-hydrogen) atoms. The van der Waals surface area contributed by atoms with Crippen LogP contribution in [0, 0.1) is 0 Å². The first-order valence-corrected chi connectivity index (χ1v) is 11.2. The highest BCUT2D eigenvalue weighted by Crippen LogP contribution is 2.17. The second kappa shape index (κ2) is 12.4. The third-order valence-corrected chi connectivity index (χ3v) is 5.12. The molecule has 3 aromatic carbocycles. The summed E-state index contributed by atoms with van der Waals surface area (Å²) in [5.41, 5.74) is 2.85. The molecule has 2 amide bonds. The van der Waals surface area contributed by atoms with Crippen LogP contribution in [0.4, 0.5) is 10.5 Å². The molecule has 176 valence electrons. The van der Waals surface area contributed by atoms with Crippen LogP contribution in [-0.2, 0) is 22.5 Å². The summed E-state index contributed by atoms with van der Waals surface area (Å²) < 4.78 is 9.70. The molecule has 3 aromatic rings. The van der Waals surface area contributed by atoms with Crippen molar-refractivity contribution >= 4 is 35.3 Å². The van der Waals surface area contributed by atoms with Crippen LogP contribution in [0.3, 0.4) is 0 Å². The molecule has 0 fully saturated rings. The normalized spacial score (nSPS) is 10.3. The highest BCUT2D eigenvalue weighted by atomic mass is 35.5. The number of rotatable bonds is 9. The van der Waals surface area contributed by atoms with E-state index in [-0.39, 0.29) is 30.7 Å². The fourth-order valence-electron chi connectivity index (χ4n) is 3.11. The molecule has 3 rings (SSSR count). The Kier molecular flexibility index (Phi) is 9.05. The lowest BCUT2D eigenvalue weighted by Crippen LogP contribution is -2.24. The number of ether oxygens (including phenoxy) is 2. The van der Waals surface area contributed by atoms with Crippen LogP contribution in [0.1, 0.15) is 34.8 Å². The molecule has 0 spiro atoms. The molecule has 8 heteroatoms. The standard InChI is InChI=1S/C26H25ClN2O5/c1-2-33-26(32)34-22-14-10-19(11-15-22)25(31)28-17-20-5-3-4-6-23(20)29-24(30)16-9-18-7-12-21(27)13-8-18/h3-8,10-15H,2,9,16-17H2,1H3,(H,28,31)(H,29,30). The van der Waals surface area contributed by atoms with Gasteiger partial charge < -0.3 is 20.1 Å². The average Bonchev–Trinajstić information content (AvgIpc) is 2.83. The number of halogens is 1. The van der Waals surface area contributed by atoms with Crippen molar-refractivity contribution in [1.82, 2.24) is 5.32 Å². The van der Waals surface area contributed by atoms with E-state index in [1.807, 2.05) is 30.3 Å². The Hall–Kier alpha value is -3.84. The zero-order valence-corrected chi connectivity index (χ0v) is 19.4. The summed E-state index contributed by atoms with van der Waals surface area (Å²) in [6.07, 6.45) is 0.117. The number of nitrogens with one attached hydrogen (secondary N) is 2. The maximum absolute atomic E-state index is 12.5. The molecule has 0 atom stereocenters. The van der Waals surface area contributed by atoms with Gasteiger partial charge in [0.25, 0.3) is 5.91 Å². The summed E-state index contributed by atoms with van der Waals surface area (Å²) in [5.74, 6) is -0.140. The van der Waals surface area contributed by atoms with Gasteiger partial charge in [-0.2, -0.15) is 0 Å². The van der Waals surface area contributed by atoms with Crippen molar-refractivity contribution in [2.24, 2.45) is 0 Å². The molecule has 0 bridgehead atoms. The van der Waals surface area contributed by atoms with Crippen molar-refractivity contribution in [2.75, 3.05) is 11.9 Å². The van der Waals surface area contributed by atoms with E-state index < -0.39 is 6.16 Å². The maximum Gasteiger partial charge on any atom is 0.513 e. The van der Waals surface area contributed by atoms with Crippen LogP contribution in [0.15, 0.2) is 72.8 Å². The Morgan fingerprint density at radius 1 is 0.912 bits per heavy atom. The predicted octanol–water partition coefficient (Wildman–Crippen LogP) is 5.38. The number of carbonyl (C=O) groups excluding carboxylic acids is 3. The molecule has 0 unspecified atom stereocenters. The summed E-state index contributed by atoms with van der Waals surface area (Å²) in [4.78, 5) is 36.3. The first-order chi connectivity index (χ1) is 16.4. The minimum Gasteiger partial charge on any atom is -0.434 e. The van der Waals surface area contributed by atoms with Crippen molar-refractivity contribution in [3.63, 3.8) is 0 Å². The number of anilines is 1. The van der Waals surface area contributed by atoms with Gasteiger partial charge in [-0.1, -0.05) is 41.9 Å². The maximum atomic E-state index is 12.5. The first-order valence-electron chi connectivity index (χ1n) is 10.8. The van der Waals surface area contributed by atoms with Crippen LogP contribution >= 0.6 is 11.6 Å². The summed E-state index contributed by atoms with van der Waals surface area (Å²) in [6.45, 7) is 2.12. The lowest BCUT2D eigenvalue weighted by Gasteiger charge is -2.12. The van der Waals surface area contributed by atoms with Crippen molar-refractivity contribution in [3.05, 3.63) is 94.5 Å². The molecule has 0 radical (unpaired) electrons. The van der Waals surface area contributed by atoms with Gasteiger partial charge in [0.05, 0.1) is 6.61 Å². The number of aryl methyl sites for hydroxylation is 1. The summed E-state index contributed by atoms with van der Waals surface area (Å²) in [6, 6.07) is 20.8. The van der Waals surface area contributed by atoms with Crippen LogP contribution in [0.5, 0.6) is 5.75 Å². The lowest BCUT2D eigenvalue weighted by atomic mass is 10.1. The zero-order valence-electron chi connectivity index (χ0n) is 18.7. The van der Waals surface area contributed by atoms with E-state index in [9.17, 15) is 14.4 Å². The van der Waals surface area contributed by atoms with Crippen LogP contribution in [0.2, 0.25) is 5.02 Å². The minimum absolute atomic E-state index is 0.120. The molecule has 0 aromatic heterocycles. The smallest absolute Gasteiger partial charge is 0.434 e. The minimum atomic E-state index is -0.800. The number of hydrogen-bond acceptors (Lipinski definition) is 5. The number of benzene rings is 3. The highest BCUT2D eigenvalue weighted by molar-refractivity contribution is 6.30. The fourth-order valence-corrected chi connectivity index (χ4v) is 3.24. The Morgan fingerprint density at radius 2 is 1.62 bits per heavy atom. The first kappa shape index (κ1) is 24.8. The summed E-state index contributed by atoms with van der Waals surface area (Å²) in [7, 11) is 0. The van der Waals surface area contributed by atoms with Gasteiger partial charge >= 0.3 is 6.16 Å². The molecule has 0 aliphatic rings. The van der Waals surface area contributed by atoms with E-state index in [0.29, 0.717) is 29.1 Å². The van der Waals surface area contributed by atoms with Gasteiger partial charge in [-0.3, -0.25) is 9.59 Å². The Labute approximate surface area is 203 Å². The van der Waals surface area contributed by atoms with Crippen molar-refractivity contribution in [3.8, 4) is 5.75 Å². The van der Waals surface area contributed by atoms with Crippen molar-refractivity contribution in [1.29, 1.82) is 0 Å². The van der Waals surface area contributed by atoms with Gasteiger partial charge in [-0.05, 0) is 66.9 Å². The molecule has 0 saturated carbocycles. The number of para-hydroxylation sites is 1. The number of hydrogen-bond donors (Lipinski definition) is 2. The molecular formula is C26H25ClN2O5. The number of amides is 2. The van der Waals surface area contributed by atoms with E-state index in [1.165, 1.54) is 12.1 Å². The van der Waals surface area contributed by atoms with Gasteiger partial charge in [-0.15, -0.1) is 0 Å². The second-order valence-electron chi connectivity index (χ2n) is 7.32. The van der Waals surface area contributed by atoms with Crippen LogP contribution in [0.25, 0.3) is 0 Å². The third-order valence-electron chi connectivity index (χ3n) is 4.86. The fraction of sp³-hybridized carbons (Fsp3) is 0.192. The second-order valence-corrected chi connectivity index (χ2v) is 7.76. The Bertz CT molecular complexity index is 1130. The molecule has 0 aliphatic heterocycles. The zero-order chi connectivity index (χ0) is 24.3. The molecule has 7 nitrogen and oxygen atoms in total. The average molecular weight is 481 g/mol. The Balaban J connectivity index is 1.53. The van der Waals surface area contributed by atoms with Crippen LogP contribution < -0.4 is 15.4 Å². The summed E-state index contributed by atoms with van der Waals surface area (Å²) in [5, 5.41) is 6.41. The van der Waals surface area contributed by atoms with E-state index in [0.717, 1.165) is 11.1 Å². The molecule has 0 aliphatic carbocycles. The van der Waals surface area contributed by atoms with E-state index in [1.54, 1.807) is 37.3 Å².